The quantitative estimate of drug-likeness (QED) is 0.890. The first-order chi connectivity index (χ1) is 10.1. The third-order valence-electron chi connectivity index (χ3n) is 3.02. The van der Waals surface area contributed by atoms with Crippen LogP contribution in [-0.2, 0) is 0 Å². The zero-order valence-electron chi connectivity index (χ0n) is 12.1. The molecule has 1 N–H and O–H groups in total. The Balaban J connectivity index is 1.94. The van der Waals surface area contributed by atoms with Crippen molar-refractivity contribution in [2.75, 3.05) is 11.9 Å². The second-order valence-electron chi connectivity index (χ2n) is 4.97. The Morgan fingerprint density at radius 1 is 1.24 bits per heavy atom. The van der Waals surface area contributed by atoms with E-state index in [0.29, 0.717) is 17.2 Å². The Bertz CT molecular complexity index is 647. The Morgan fingerprint density at radius 3 is 2.62 bits per heavy atom. The summed E-state index contributed by atoms with van der Waals surface area (Å²) in [6.07, 6.45) is 0. The lowest BCUT2D eigenvalue weighted by atomic mass is 10.2. The maximum absolute atomic E-state index is 9.11. The molecule has 0 saturated carbocycles. The van der Waals surface area contributed by atoms with Gasteiger partial charge < -0.3 is 10.1 Å². The van der Waals surface area contributed by atoms with E-state index >= 15 is 0 Å². The van der Waals surface area contributed by atoms with Crippen molar-refractivity contribution in [1.82, 2.24) is 0 Å². The number of aryl methyl sites for hydroxylation is 1. The van der Waals surface area contributed by atoms with Crippen LogP contribution in [0.1, 0.15) is 18.1 Å². The van der Waals surface area contributed by atoms with Crippen molar-refractivity contribution in [2.45, 2.75) is 19.9 Å². The first kappa shape index (κ1) is 15.2. The van der Waals surface area contributed by atoms with Gasteiger partial charge in [-0.2, -0.15) is 5.26 Å². The van der Waals surface area contributed by atoms with E-state index in [1.54, 1.807) is 12.1 Å². The van der Waals surface area contributed by atoms with E-state index in [1.165, 1.54) is 5.56 Å². The van der Waals surface area contributed by atoms with E-state index in [4.69, 9.17) is 21.6 Å². The zero-order chi connectivity index (χ0) is 15.2. The number of halogens is 1. The number of rotatable bonds is 5. The summed E-state index contributed by atoms with van der Waals surface area (Å²) in [6.45, 7) is 4.55. The van der Waals surface area contributed by atoms with Crippen molar-refractivity contribution in [3.05, 3.63) is 58.6 Å². The van der Waals surface area contributed by atoms with Gasteiger partial charge in [0.15, 0.2) is 0 Å². The van der Waals surface area contributed by atoms with Gasteiger partial charge in [-0.1, -0.05) is 29.3 Å². The van der Waals surface area contributed by atoms with Crippen molar-refractivity contribution in [3.63, 3.8) is 0 Å². The van der Waals surface area contributed by atoms with E-state index in [2.05, 4.69) is 11.4 Å². The van der Waals surface area contributed by atoms with Gasteiger partial charge in [-0.3, -0.25) is 0 Å². The summed E-state index contributed by atoms with van der Waals surface area (Å²) in [6, 6.07) is 15.4. The number of nitrogens with zero attached hydrogens (tertiary/aromatic N) is 1. The molecule has 0 saturated heterocycles. The molecular formula is C17H17ClN2O. The molecule has 2 rings (SSSR count). The predicted molar refractivity (Wildman–Crippen MR) is 85.9 cm³/mol. The van der Waals surface area contributed by atoms with Gasteiger partial charge >= 0.3 is 0 Å². The van der Waals surface area contributed by atoms with Crippen LogP contribution in [0.25, 0.3) is 0 Å². The lowest BCUT2D eigenvalue weighted by Gasteiger charge is -2.17. The fraction of sp³-hybridized carbons (Fsp3) is 0.235. The van der Waals surface area contributed by atoms with Crippen molar-refractivity contribution < 1.29 is 4.74 Å². The van der Waals surface area contributed by atoms with E-state index in [9.17, 15) is 0 Å². The Morgan fingerprint density at radius 2 is 1.95 bits per heavy atom. The number of nitrogens with one attached hydrogen (secondary N) is 1. The Kier molecular flexibility index (Phi) is 5.08. The molecule has 1 unspecified atom stereocenters. The predicted octanol–water partition coefficient (Wildman–Crippen LogP) is 4.40. The van der Waals surface area contributed by atoms with Gasteiger partial charge in [0.25, 0.3) is 0 Å². The van der Waals surface area contributed by atoms with Crippen LogP contribution >= 0.6 is 11.6 Å². The summed E-state index contributed by atoms with van der Waals surface area (Å²) in [4.78, 5) is 0. The first-order valence-corrected chi connectivity index (χ1v) is 7.12. The molecule has 0 radical (unpaired) electrons. The van der Waals surface area contributed by atoms with Gasteiger partial charge in [-0.25, -0.2) is 0 Å². The molecule has 0 amide bonds. The molecule has 0 aliphatic rings. The highest BCUT2D eigenvalue weighted by Crippen LogP contribution is 2.21. The molecule has 0 bridgehead atoms. The standard InChI is InChI=1S/C17H17ClN2O/c1-12-3-6-16(7-4-12)21-11-13(2)20-17-8-5-15(18)9-14(17)10-19/h3-9,13,20H,11H2,1-2H3. The van der Waals surface area contributed by atoms with Crippen LogP contribution in [-0.4, -0.2) is 12.6 Å². The number of hydrogen-bond acceptors (Lipinski definition) is 3. The van der Waals surface area contributed by atoms with E-state index in [1.807, 2.05) is 44.2 Å². The van der Waals surface area contributed by atoms with Crippen LogP contribution in [0.4, 0.5) is 5.69 Å². The molecule has 0 aromatic heterocycles. The number of anilines is 1. The van der Waals surface area contributed by atoms with Gasteiger partial charge in [0.2, 0.25) is 0 Å². The minimum atomic E-state index is 0.0691. The molecule has 21 heavy (non-hydrogen) atoms. The molecule has 3 nitrogen and oxygen atoms in total. The third kappa shape index (κ3) is 4.40. The van der Waals surface area contributed by atoms with Crippen LogP contribution in [0.2, 0.25) is 5.02 Å². The summed E-state index contributed by atoms with van der Waals surface area (Å²) in [5.41, 5.74) is 2.50. The topological polar surface area (TPSA) is 45.0 Å². The molecule has 0 aliphatic heterocycles. The van der Waals surface area contributed by atoms with Crippen LogP contribution in [0.3, 0.4) is 0 Å². The second kappa shape index (κ2) is 7.01. The van der Waals surface area contributed by atoms with Gasteiger partial charge in [0.1, 0.15) is 18.4 Å². The highest BCUT2D eigenvalue weighted by Gasteiger charge is 2.08. The summed E-state index contributed by atoms with van der Waals surface area (Å²) >= 11 is 5.88. The molecule has 108 valence electrons. The fourth-order valence-electron chi connectivity index (χ4n) is 1.90. The lowest BCUT2D eigenvalue weighted by Crippen LogP contribution is -2.23. The number of nitriles is 1. The molecular weight excluding hydrogens is 284 g/mol. The molecule has 0 fully saturated rings. The maximum atomic E-state index is 9.11. The summed E-state index contributed by atoms with van der Waals surface area (Å²) in [5.74, 6) is 0.839. The van der Waals surface area contributed by atoms with Gasteiger partial charge in [0, 0.05) is 5.02 Å². The highest BCUT2D eigenvalue weighted by molar-refractivity contribution is 6.30. The van der Waals surface area contributed by atoms with Crippen molar-refractivity contribution in [3.8, 4) is 11.8 Å². The molecule has 0 spiro atoms. The molecule has 4 heteroatoms. The van der Waals surface area contributed by atoms with Crippen molar-refractivity contribution in [2.24, 2.45) is 0 Å². The third-order valence-corrected chi connectivity index (χ3v) is 3.26. The van der Waals surface area contributed by atoms with E-state index < -0.39 is 0 Å². The molecule has 1 atom stereocenters. The van der Waals surface area contributed by atoms with Gasteiger partial charge in [-0.05, 0) is 44.2 Å². The summed E-state index contributed by atoms with van der Waals surface area (Å²) in [7, 11) is 0. The second-order valence-corrected chi connectivity index (χ2v) is 5.41. The minimum Gasteiger partial charge on any atom is -0.491 e. The molecule has 0 heterocycles. The first-order valence-electron chi connectivity index (χ1n) is 6.74. The fourth-order valence-corrected chi connectivity index (χ4v) is 2.07. The van der Waals surface area contributed by atoms with Gasteiger partial charge in [0.05, 0.1) is 17.3 Å². The molecule has 2 aromatic rings. The zero-order valence-corrected chi connectivity index (χ0v) is 12.8. The van der Waals surface area contributed by atoms with E-state index in [-0.39, 0.29) is 6.04 Å². The average Bonchev–Trinajstić information content (AvgIpc) is 2.48. The van der Waals surface area contributed by atoms with Crippen molar-refractivity contribution >= 4 is 17.3 Å². The summed E-state index contributed by atoms with van der Waals surface area (Å²) in [5, 5.41) is 12.9. The smallest absolute Gasteiger partial charge is 0.119 e. The molecule has 2 aromatic carbocycles. The maximum Gasteiger partial charge on any atom is 0.119 e. The number of ether oxygens (including phenoxy) is 1. The van der Waals surface area contributed by atoms with E-state index in [0.717, 1.165) is 11.4 Å². The summed E-state index contributed by atoms with van der Waals surface area (Å²) < 4.78 is 5.72. The van der Waals surface area contributed by atoms with Gasteiger partial charge in [-0.15, -0.1) is 0 Å². The minimum absolute atomic E-state index is 0.0691. The average molecular weight is 301 g/mol. The van der Waals surface area contributed by atoms with Crippen LogP contribution < -0.4 is 10.1 Å². The Hall–Kier alpha value is -2.18. The molecule has 0 aliphatic carbocycles. The SMILES string of the molecule is Cc1ccc(OCC(C)Nc2ccc(Cl)cc2C#N)cc1. The number of benzene rings is 2. The number of hydrogen-bond donors (Lipinski definition) is 1. The van der Waals surface area contributed by atoms with Crippen molar-refractivity contribution in [1.29, 1.82) is 5.26 Å². The Labute approximate surface area is 130 Å². The highest BCUT2D eigenvalue weighted by atomic mass is 35.5. The van der Waals surface area contributed by atoms with Crippen LogP contribution in [0.15, 0.2) is 42.5 Å². The normalized spacial score (nSPS) is 11.5. The van der Waals surface area contributed by atoms with Crippen LogP contribution in [0, 0.1) is 18.3 Å². The monoisotopic (exact) mass is 300 g/mol. The lowest BCUT2D eigenvalue weighted by molar-refractivity contribution is 0.304. The largest absolute Gasteiger partial charge is 0.491 e. The van der Waals surface area contributed by atoms with Crippen LogP contribution in [0.5, 0.6) is 5.75 Å².